The lowest BCUT2D eigenvalue weighted by atomic mass is 9.99. The first-order chi connectivity index (χ1) is 15.0. The second kappa shape index (κ2) is 8.22. The number of rotatable bonds is 6. The van der Waals surface area contributed by atoms with Crippen LogP contribution in [0.4, 0.5) is 0 Å². The maximum absolute atomic E-state index is 12.5. The van der Waals surface area contributed by atoms with E-state index in [2.05, 4.69) is 11.1 Å². The van der Waals surface area contributed by atoms with Crippen LogP contribution in [0.15, 0.2) is 54.9 Å². The molecule has 0 unspecified atom stereocenters. The third-order valence-corrected chi connectivity index (χ3v) is 8.56. The van der Waals surface area contributed by atoms with Crippen LogP contribution in [0, 0.1) is 0 Å². The summed E-state index contributed by atoms with van der Waals surface area (Å²) in [6.45, 7) is 1.02. The number of sulfonamides is 1. The van der Waals surface area contributed by atoms with E-state index in [1.165, 1.54) is 0 Å². The van der Waals surface area contributed by atoms with Crippen LogP contribution in [-0.2, 0) is 16.6 Å². The summed E-state index contributed by atoms with van der Waals surface area (Å²) in [6.07, 6.45) is 6.49. The highest BCUT2D eigenvalue weighted by Gasteiger charge is 2.41. The normalized spacial score (nSPS) is 18.4. The molecule has 6 nitrogen and oxygen atoms in total. The number of aromatic nitrogens is 1. The first-order valence-corrected chi connectivity index (χ1v) is 12.3. The Balaban J connectivity index is 1.40. The van der Waals surface area contributed by atoms with Crippen molar-refractivity contribution in [2.24, 2.45) is 0 Å². The van der Waals surface area contributed by atoms with Crippen molar-refractivity contribution in [3.8, 4) is 16.9 Å². The smallest absolute Gasteiger partial charge is 0.216 e. The number of fused-ring (bicyclic) bond motifs is 1. The SMILES string of the molecule is O=S(=O)(C1CC1)N1CCC(Oc2cc(-c3cccc(CO)c3)cc3ccncc23)CC1. The van der Waals surface area contributed by atoms with Crippen molar-refractivity contribution in [1.82, 2.24) is 9.29 Å². The molecule has 1 aliphatic heterocycles. The molecule has 162 valence electrons. The molecule has 5 rings (SSSR count). The number of pyridine rings is 1. The molecule has 2 fully saturated rings. The number of aliphatic hydroxyl groups is 1. The van der Waals surface area contributed by atoms with Crippen molar-refractivity contribution >= 4 is 20.8 Å². The number of nitrogens with zero attached hydrogens (tertiary/aromatic N) is 2. The lowest BCUT2D eigenvalue weighted by Gasteiger charge is -2.31. The number of ether oxygens (including phenoxy) is 1. The molecule has 1 saturated carbocycles. The molecule has 31 heavy (non-hydrogen) atoms. The van der Waals surface area contributed by atoms with E-state index in [0.29, 0.717) is 25.9 Å². The first kappa shape index (κ1) is 20.4. The second-order valence-electron chi connectivity index (χ2n) is 8.39. The lowest BCUT2D eigenvalue weighted by molar-refractivity contribution is 0.137. The molecule has 3 aromatic rings. The Kier molecular flexibility index (Phi) is 5.42. The Morgan fingerprint density at radius 2 is 1.84 bits per heavy atom. The summed E-state index contributed by atoms with van der Waals surface area (Å²) in [5.41, 5.74) is 2.89. The van der Waals surface area contributed by atoms with Gasteiger partial charge in [0.05, 0.1) is 11.9 Å². The van der Waals surface area contributed by atoms with Crippen LogP contribution < -0.4 is 4.74 Å². The Labute approximate surface area is 182 Å². The van der Waals surface area contributed by atoms with Gasteiger partial charge in [0.1, 0.15) is 11.9 Å². The van der Waals surface area contributed by atoms with Gasteiger partial charge >= 0.3 is 0 Å². The van der Waals surface area contributed by atoms with E-state index in [-0.39, 0.29) is 18.0 Å². The van der Waals surface area contributed by atoms with Crippen LogP contribution in [-0.4, -0.2) is 47.3 Å². The molecule has 1 aliphatic carbocycles. The number of hydrogen-bond donors (Lipinski definition) is 1. The van der Waals surface area contributed by atoms with Gasteiger partial charge in [-0.15, -0.1) is 0 Å². The van der Waals surface area contributed by atoms with Gasteiger partial charge in [0.2, 0.25) is 10.0 Å². The molecule has 2 aromatic carbocycles. The van der Waals surface area contributed by atoms with Crippen LogP contribution in [0.3, 0.4) is 0 Å². The quantitative estimate of drug-likeness (QED) is 0.634. The zero-order chi connectivity index (χ0) is 21.4. The summed E-state index contributed by atoms with van der Waals surface area (Å²) >= 11 is 0. The summed E-state index contributed by atoms with van der Waals surface area (Å²) in [6, 6.07) is 13.9. The van der Waals surface area contributed by atoms with E-state index in [9.17, 15) is 13.5 Å². The predicted octanol–water partition coefficient (Wildman–Crippen LogP) is 3.73. The molecular weight excluding hydrogens is 412 g/mol. The molecule has 1 N–H and O–H groups in total. The van der Waals surface area contributed by atoms with Gasteiger partial charge in [-0.05, 0) is 72.0 Å². The average molecular weight is 439 g/mol. The molecular formula is C24H26N2O4S. The molecule has 0 spiro atoms. The minimum Gasteiger partial charge on any atom is -0.490 e. The van der Waals surface area contributed by atoms with Crippen molar-refractivity contribution in [3.05, 3.63) is 60.4 Å². The molecule has 0 amide bonds. The minimum atomic E-state index is -3.12. The van der Waals surface area contributed by atoms with Gasteiger partial charge in [-0.1, -0.05) is 18.2 Å². The molecule has 7 heteroatoms. The fourth-order valence-corrected chi connectivity index (χ4v) is 6.11. The van der Waals surface area contributed by atoms with E-state index < -0.39 is 10.0 Å². The standard InChI is InChI=1S/C24H26N2O4S/c27-16-17-2-1-3-18(12-17)20-13-19-6-9-25-15-23(19)24(14-20)30-21-7-10-26(11-8-21)31(28,29)22-4-5-22/h1-3,6,9,12-15,21-22,27H,4-5,7-8,10-11,16H2. The molecule has 2 heterocycles. The number of piperidine rings is 1. The summed E-state index contributed by atoms with van der Waals surface area (Å²) < 4.78 is 33.1. The number of benzene rings is 2. The summed E-state index contributed by atoms with van der Waals surface area (Å²) in [5.74, 6) is 0.763. The van der Waals surface area contributed by atoms with Crippen LogP contribution in [0.1, 0.15) is 31.2 Å². The van der Waals surface area contributed by atoms with Crippen molar-refractivity contribution in [3.63, 3.8) is 0 Å². The largest absolute Gasteiger partial charge is 0.490 e. The molecule has 0 atom stereocenters. The second-order valence-corrected chi connectivity index (χ2v) is 10.6. The Bertz CT molecular complexity index is 1200. The van der Waals surface area contributed by atoms with Gasteiger partial charge in [-0.25, -0.2) is 12.7 Å². The lowest BCUT2D eigenvalue weighted by Crippen LogP contribution is -2.43. The summed E-state index contributed by atoms with van der Waals surface area (Å²) in [4.78, 5) is 4.27. The van der Waals surface area contributed by atoms with Crippen molar-refractivity contribution in [2.75, 3.05) is 13.1 Å². The van der Waals surface area contributed by atoms with E-state index in [4.69, 9.17) is 4.74 Å². The topological polar surface area (TPSA) is 79.7 Å². The zero-order valence-corrected chi connectivity index (χ0v) is 18.1. The number of hydrogen-bond acceptors (Lipinski definition) is 5. The van der Waals surface area contributed by atoms with Gasteiger partial charge in [0.15, 0.2) is 0 Å². The van der Waals surface area contributed by atoms with E-state index in [1.807, 2.05) is 42.6 Å². The monoisotopic (exact) mass is 438 g/mol. The van der Waals surface area contributed by atoms with Gasteiger partial charge in [-0.3, -0.25) is 4.98 Å². The highest BCUT2D eigenvalue weighted by molar-refractivity contribution is 7.90. The summed E-state index contributed by atoms with van der Waals surface area (Å²) in [7, 11) is -3.12. The van der Waals surface area contributed by atoms with Crippen LogP contribution in [0.25, 0.3) is 21.9 Å². The van der Waals surface area contributed by atoms with Crippen molar-refractivity contribution in [1.29, 1.82) is 0 Å². The fourth-order valence-electron chi connectivity index (χ4n) is 4.24. The molecule has 1 aromatic heterocycles. The van der Waals surface area contributed by atoms with Gasteiger partial charge in [0, 0.05) is 30.9 Å². The van der Waals surface area contributed by atoms with Crippen LogP contribution in [0.5, 0.6) is 5.75 Å². The average Bonchev–Trinajstić information content (AvgIpc) is 3.66. The highest BCUT2D eigenvalue weighted by atomic mass is 32.2. The maximum Gasteiger partial charge on any atom is 0.216 e. The minimum absolute atomic E-state index is 0.00294. The van der Waals surface area contributed by atoms with Gasteiger partial charge in [0.25, 0.3) is 0 Å². The third kappa shape index (κ3) is 4.18. The summed E-state index contributed by atoms with van der Waals surface area (Å²) in [5, 5.41) is 11.3. The van der Waals surface area contributed by atoms with Gasteiger partial charge in [-0.2, -0.15) is 0 Å². The van der Waals surface area contributed by atoms with E-state index in [1.54, 1.807) is 10.5 Å². The Morgan fingerprint density at radius 1 is 1.03 bits per heavy atom. The fraction of sp³-hybridized carbons (Fsp3) is 0.375. The predicted molar refractivity (Wildman–Crippen MR) is 120 cm³/mol. The van der Waals surface area contributed by atoms with Crippen molar-refractivity contribution in [2.45, 2.75) is 43.6 Å². The molecule has 2 aliphatic rings. The van der Waals surface area contributed by atoms with Crippen LogP contribution in [0.2, 0.25) is 0 Å². The molecule has 0 radical (unpaired) electrons. The van der Waals surface area contributed by atoms with Crippen LogP contribution >= 0.6 is 0 Å². The Hall–Kier alpha value is -2.48. The first-order valence-electron chi connectivity index (χ1n) is 10.8. The van der Waals surface area contributed by atoms with Gasteiger partial charge < -0.3 is 9.84 Å². The zero-order valence-electron chi connectivity index (χ0n) is 17.3. The molecule has 0 bridgehead atoms. The van der Waals surface area contributed by atoms with E-state index in [0.717, 1.165) is 46.1 Å². The Morgan fingerprint density at radius 3 is 2.58 bits per heavy atom. The highest BCUT2D eigenvalue weighted by Crippen LogP contribution is 2.36. The van der Waals surface area contributed by atoms with E-state index >= 15 is 0 Å². The molecule has 1 saturated heterocycles. The third-order valence-electron chi connectivity index (χ3n) is 6.16. The maximum atomic E-state index is 12.5. The van der Waals surface area contributed by atoms with Crippen molar-refractivity contribution < 1.29 is 18.3 Å². The number of aliphatic hydroxyl groups excluding tert-OH is 1.